The number of nitrogens with one attached hydrogen (secondary N) is 1. The van der Waals surface area contributed by atoms with E-state index in [0.29, 0.717) is 42.3 Å². The van der Waals surface area contributed by atoms with Crippen LogP contribution in [0, 0.1) is 5.92 Å². The topological polar surface area (TPSA) is 114 Å². The average molecular weight is 323 g/mol. The van der Waals surface area contributed by atoms with Crippen LogP contribution in [-0.2, 0) is 4.74 Å². The van der Waals surface area contributed by atoms with Crippen LogP contribution >= 0.6 is 0 Å². The van der Waals surface area contributed by atoms with Crippen LogP contribution in [0.2, 0.25) is 0 Å². The largest absolute Gasteiger partial charge is 0.494 e. The Morgan fingerprint density at radius 3 is 2.74 bits per heavy atom. The summed E-state index contributed by atoms with van der Waals surface area (Å²) in [6.07, 6.45) is -0.103. The van der Waals surface area contributed by atoms with Gasteiger partial charge in [-0.1, -0.05) is 0 Å². The predicted octanol–water partition coefficient (Wildman–Crippen LogP) is 1.48. The summed E-state index contributed by atoms with van der Waals surface area (Å²) in [4.78, 5) is 23.9. The molecule has 8 heteroatoms. The fraction of sp³-hybridized carbons (Fsp3) is 0.467. The Morgan fingerprint density at radius 2 is 2.17 bits per heavy atom. The summed E-state index contributed by atoms with van der Waals surface area (Å²) in [5, 5.41) is 12.2. The molecule has 0 aliphatic carbocycles. The van der Waals surface area contributed by atoms with E-state index in [9.17, 15) is 9.59 Å². The highest BCUT2D eigenvalue weighted by Crippen LogP contribution is 2.33. The third-order valence-electron chi connectivity index (χ3n) is 3.90. The molecule has 4 N–H and O–H groups in total. The molecule has 0 radical (unpaired) electrons. The molecule has 0 unspecified atom stereocenters. The molecule has 1 saturated heterocycles. The number of anilines is 2. The maximum Gasteiger partial charge on any atom is 0.407 e. The summed E-state index contributed by atoms with van der Waals surface area (Å²) in [7, 11) is 2.79. The smallest absolute Gasteiger partial charge is 0.407 e. The number of nitrogen functional groups attached to an aromatic ring is 1. The number of nitrogens with two attached hydrogens (primary N) is 1. The molecule has 1 aromatic rings. The van der Waals surface area contributed by atoms with Crippen molar-refractivity contribution in [2.24, 2.45) is 5.92 Å². The molecule has 1 aliphatic rings. The van der Waals surface area contributed by atoms with Crippen LogP contribution in [0.5, 0.6) is 5.75 Å². The zero-order valence-electron chi connectivity index (χ0n) is 13.2. The second-order valence-corrected chi connectivity index (χ2v) is 5.40. The van der Waals surface area contributed by atoms with E-state index in [-0.39, 0.29) is 5.92 Å². The first-order chi connectivity index (χ1) is 11.0. The van der Waals surface area contributed by atoms with E-state index in [1.54, 1.807) is 6.07 Å². The number of ether oxygens (including phenoxy) is 2. The second kappa shape index (κ2) is 7.08. The van der Waals surface area contributed by atoms with Gasteiger partial charge in [-0.05, 0) is 24.5 Å². The lowest BCUT2D eigenvalue weighted by molar-refractivity contribution is 0.0600. The maximum absolute atomic E-state index is 11.6. The van der Waals surface area contributed by atoms with Gasteiger partial charge in [0.25, 0.3) is 0 Å². The lowest BCUT2D eigenvalue weighted by atomic mass is 10.1. The van der Waals surface area contributed by atoms with Crippen LogP contribution in [0.1, 0.15) is 16.8 Å². The van der Waals surface area contributed by atoms with Gasteiger partial charge in [-0.25, -0.2) is 9.59 Å². The van der Waals surface area contributed by atoms with Gasteiger partial charge in [0.15, 0.2) is 0 Å². The number of likely N-dealkylation sites (tertiary alicyclic amines) is 1. The van der Waals surface area contributed by atoms with Crippen LogP contribution in [-0.4, -0.2) is 55.9 Å². The number of nitrogens with zero attached hydrogens (tertiary/aromatic N) is 1. The first kappa shape index (κ1) is 16.7. The Labute approximate surface area is 134 Å². The van der Waals surface area contributed by atoms with Gasteiger partial charge in [0.1, 0.15) is 11.4 Å². The maximum atomic E-state index is 11.6. The Hall–Kier alpha value is -2.64. The van der Waals surface area contributed by atoms with Crippen LogP contribution in [0.4, 0.5) is 16.2 Å². The number of hydrogen-bond donors (Lipinski definition) is 3. The highest BCUT2D eigenvalue weighted by Gasteiger charge is 2.26. The van der Waals surface area contributed by atoms with E-state index < -0.39 is 12.1 Å². The van der Waals surface area contributed by atoms with Crippen molar-refractivity contribution in [3.63, 3.8) is 0 Å². The molecule has 1 amide bonds. The number of esters is 1. The molecule has 0 aromatic heterocycles. The first-order valence-electron chi connectivity index (χ1n) is 7.23. The van der Waals surface area contributed by atoms with Gasteiger partial charge in [-0.15, -0.1) is 0 Å². The van der Waals surface area contributed by atoms with Crippen molar-refractivity contribution >= 4 is 23.4 Å². The van der Waals surface area contributed by atoms with Crippen LogP contribution in [0.25, 0.3) is 0 Å². The molecule has 126 valence electrons. The molecule has 0 saturated carbocycles. The lowest BCUT2D eigenvalue weighted by Crippen LogP contribution is -2.28. The van der Waals surface area contributed by atoms with Crippen molar-refractivity contribution in [3.05, 3.63) is 17.7 Å². The molecule has 8 nitrogen and oxygen atoms in total. The van der Waals surface area contributed by atoms with Gasteiger partial charge in [-0.2, -0.15) is 0 Å². The van der Waals surface area contributed by atoms with Crippen LogP contribution < -0.4 is 15.8 Å². The summed E-state index contributed by atoms with van der Waals surface area (Å²) in [6, 6.07) is 3.08. The van der Waals surface area contributed by atoms with Gasteiger partial charge in [-0.3, -0.25) is 0 Å². The van der Waals surface area contributed by atoms with Crippen molar-refractivity contribution in [1.82, 2.24) is 4.90 Å². The molecule has 1 aliphatic heterocycles. The van der Waals surface area contributed by atoms with E-state index in [4.69, 9.17) is 15.6 Å². The van der Waals surface area contributed by atoms with Gasteiger partial charge in [0.2, 0.25) is 0 Å². The number of benzene rings is 1. The molecule has 2 rings (SSSR count). The summed E-state index contributed by atoms with van der Waals surface area (Å²) < 4.78 is 9.96. The summed E-state index contributed by atoms with van der Waals surface area (Å²) in [5.41, 5.74) is 7.27. The number of amides is 1. The SMILES string of the molecule is COC(=O)c1cc(N)c(NC[C@H]2CCN(C(=O)O)C2)c(OC)c1. The van der Waals surface area contributed by atoms with E-state index in [0.717, 1.165) is 6.42 Å². The van der Waals surface area contributed by atoms with Crippen molar-refractivity contribution < 1.29 is 24.2 Å². The zero-order valence-corrected chi connectivity index (χ0v) is 13.2. The standard InChI is InChI=1S/C15H21N3O5/c1-22-12-6-10(14(19)23-2)5-11(16)13(12)17-7-9-3-4-18(8-9)15(20)21/h5-6,9,17H,3-4,7-8,16H2,1-2H3,(H,20,21)/t9-/m1/s1. The number of methoxy groups -OCH3 is 2. The van der Waals surface area contributed by atoms with Gasteiger partial charge < -0.3 is 30.5 Å². The van der Waals surface area contributed by atoms with E-state index >= 15 is 0 Å². The third kappa shape index (κ3) is 3.77. The van der Waals surface area contributed by atoms with Crippen molar-refractivity contribution in [2.75, 3.05) is 44.9 Å². The summed E-state index contributed by atoms with van der Waals surface area (Å²) in [6.45, 7) is 1.60. The fourth-order valence-corrected chi connectivity index (χ4v) is 2.64. The zero-order chi connectivity index (χ0) is 17.0. The number of hydrogen-bond acceptors (Lipinski definition) is 6. The minimum atomic E-state index is -0.896. The van der Waals surface area contributed by atoms with Crippen molar-refractivity contribution in [3.8, 4) is 5.75 Å². The van der Waals surface area contributed by atoms with E-state index in [1.165, 1.54) is 25.2 Å². The number of carbonyl (C=O) groups excluding carboxylic acids is 1. The summed E-state index contributed by atoms with van der Waals surface area (Å²) in [5.74, 6) is 0.156. The Bertz CT molecular complexity index is 605. The minimum Gasteiger partial charge on any atom is -0.494 e. The molecular formula is C15H21N3O5. The first-order valence-corrected chi connectivity index (χ1v) is 7.23. The normalized spacial score (nSPS) is 17.0. The van der Waals surface area contributed by atoms with Gasteiger partial charge >= 0.3 is 12.1 Å². The highest BCUT2D eigenvalue weighted by atomic mass is 16.5. The van der Waals surface area contributed by atoms with Crippen LogP contribution in [0.3, 0.4) is 0 Å². The molecule has 1 heterocycles. The Balaban J connectivity index is 2.08. The molecule has 23 heavy (non-hydrogen) atoms. The molecular weight excluding hydrogens is 302 g/mol. The Kier molecular flexibility index (Phi) is 5.15. The summed E-state index contributed by atoms with van der Waals surface area (Å²) >= 11 is 0. The molecule has 0 spiro atoms. The Morgan fingerprint density at radius 1 is 1.43 bits per heavy atom. The molecule has 1 fully saturated rings. The monoisotopic (exact) mass is 323 g/mol. The minimum absolute atomic E-state index is 0.204. The van der Waals surface area contributed by atoms with Crippen molar-refractivity contribution in [2.45, 2.75) is 6.42 Å². The fourth-order valence-electron chi connectivity index (χ4n) is 2.64. The average Bonchev–Trinajstić information content (AvgIpc) is 3.01. The molecule has 1 aromatic carbocycles. The van der Waals surface area contributed by atoms with Crippen LogP contribution in [0.15, 0.2) is 12.1 Å². The predicted molar refractivity (Wildman–Crippen MR) is 84.9 cm³/mol. The lowest BCUT2D eigenvalue weighted by Gasteiger charge is -2.18. The molecule has 0 bridgehead atoms. The van der Waals surface area contributed by atoms with Crippen molar-refractivity contribution in [1.29, 1.82) is 0 Å². The van der Waals surface area contributed by atoms with E-state index in [2.05, 4.69) is 10.1 Å². The molecule has 1 atom stereocenters. The van der Waals surface area contributed by atoms with E-state index in [1.807, 2.05) is 0 Å². The quantitative estimate of drug-likeness (QED) is 0.555. The number of carboxylic acid groups (broad SMARTS) is 1. The second-order valence-electron chi connectivity index (χ2n) is 5.40. The van der Waals surface area contributed by atoms with Gasteiger partial charge in [0.05, 0.1) is 25.5 Å². The highest BCUT2D eigenvalue weighted by molar-refractivity contribution is 5.93. The third-order valence-corrected chi connectivity index (χ3v) is 3.90. The van der Waals surface area contributed by atoms with Gasteiger partial charge in [0, 0.05) is 19.6 Å². The number of carbonyl (C=O) groups is 2. The number of rotatable bonds is 5.